The number of aliphatic hydroxyl groups is 1. The zero-order valence-electron chi connectivity index (χ0n) is 10.6. The third kappa shape index (κ3) is 3.88. The van der Waals surface area contributed by atoms with Gasteiger partial charge in [0.2, 0.25) is 10.0 Å². The molecule has 0 aromatic heterocycles. The van der Waals surface area contributed by atoms with Gasteiger partial charge in [0.25, 0.3) is 5.69 Å². The minimum Gasteiger partial charge on any atom is -0.480 e. The second kappa shape index (κ2) is 6.35. The summed E-state index contributed by atoms with van der Waals surface area (Å²) < 4.78 is 25.7. The average Bonchev–Trinajstić information content (AvgIpc) is 2.38. The Hall–Kier alpha value is -1.75. The topological polar surface area (TPSA) is 147 Å². The predicted molar refractivity (Wildman–Crippen MR) is 71.7 cm³/mol. The molecule has 0 heterocycles. The predicted octanol–water partition coefficient (Wildman–Crippen LogP) is 0.280. The number of rotatable bonds is 6. The Balaban J connectivity index is 3.32. The second-order valence-corrected chi connectivity index (χ2v) is 6.12. The molecule has 1 aromatic rings. The lowest BCUT2D eigenvalue weighted by atomic mass is 10.2. The number of carboxylic acids is 1. The Kier molecular flexibility index (Phi) is 5.23. The first-order chi connectivity index (χ1) is 9.60. The molecule has 0 spiro atoms. The summed E-state index contributed by atoms with van der Waals surface area (Å²) in [5.41, 5.74) is -0.434. The molecule has 0 amide bonds. The van der Waals surface area contributed by atoms with Crippen LogP contribution >= 0.6 is 11.6 Å². The summed E-state index contributed by atoms with van der Waals surface area (Å²) in [5, 5.41) is 28.2. The van der Waals surface area contributed by atoms with Crippen molar-refractivity contribution in [2.75, 3.05) is 6.61 Å². The standard InChI is InChI=1S/C10H11ClN2O7S/c1-5-7(11)2-6(3-9(5)13(17)18)21(19,20)12-8(4-14)10(15)16/h2-3,8,12,14H,4H2,1H3,(H,15,16). The van der Waals surface area contributed by atoms with Crippen LogP contribution in [0.15, 0.2) is 17.0 Å². The molecular weight excluding hydrogens is 328 g/mol. The fraction of sp³-hybridized carbons (Fsp3) is 0.300. The zero-order valence-corrected chi connectivity index (χ0v) is 12.2. The van der Waals surface area contributed by atoms with E-state index in [0.29, 0.717) is 0 Å². The molecule has 11 heteroatoms. The highest BCUT2D eigenvalue weighted by atomic mass is 35.5. The van der Waals surface area contributed by atoms with E-state index in [0.717, 1.165) is 12.1 Å². The lowest BCUT2D eigenvalue weighted by Gasteiger charge is -2.13. The summed E-state index contributed by atoms with van der Waals surface area (Å²) in [7, 11) is -4.39. The van der Waals surface area contributed by atoms with Gasteiger partial charge in [0, 0.05) is 11.6 Å². The lowest BCUT2D eigenvalue weighted by Crippen LogP contribution is -2.43. The molecule has 0 saturated heterocycles. The van der Waals surface area contributed by atoms with Crippen LogP contribution in [0.25, 0.3) is 0 Å². The van der Waals surface area contributed by atoms with Crippen molar-refractivity contribution in [2.45, 2.75) is 17.9 Å². The highest BCUT2D eigenvalue weighted by Gasteiger charge is 2.27. The van der Waals surface area contributed by atoms with Crippen molar-refractivity contribution in [3.05, 3.63) is 32.8 Å². The van der Waals surface area contributed by atoms with Crippen LogP contribution in [0.5, 0.6) is 0 Å². The highest BCUT2D eigenvalue weighted by Crippen LogP contribution is 2.29. The van der Waals surface area contributed by atoms with E-state index in [1.807, 2.05) is 0 Å². The van der Waals surface area contributed by atoms with Gasteiger partial charge in [-0.15, -0.1) is 0 Å². The monoisotopic (exact) mass is 338 g/mol. The van der Waals surface area contributed by atoms with E-state index in [-0.39, 0.29) is 10.6 Å². The molecule has 9 nitrogen and oxygen atoms in total. The van der Waals surface area contributed by atoms with E-state index < -0.39 is 44.1 Å². The maximum absolute atomic E-state index is 12.0. The molecule has 1 atom stereocenters. The molecule has 1 unspecified atom stereocenters. The van der Waals surface area contributed by atoms with Gasteiger partial charge in [-0.05, 0) is 13.0 Å². The average molecular weight is 339 g/mol. The van der Waals surface area contributed by atoms with E-state index in [1.165, 1.54) is 6.92 Å². The molecule has 0 saturated carbocycles. The Morgan fingerprint density at radius 1 is 1.52 bits per heavy atom. The first kappa shape index (κ1) is 17.3. The summed E-state index contributed by atoms with van der Waals surface area (Å²) in [6, 6.07) is -0.0448. The number of benzene rings is 1. The van der Waals surface area contributed by atoms with Crippen molar-refractivity contribution >= 4 is 33.3 Å². The number of aliphatic carboxylic acids is 1. The van der Waals surface area contributed by atoms with Crippen LogP contribution < -0.4 is 4.72 Å². The van der Waals surface area contributed by atoms with Crippen LogP contribution in [-0.2, 0) is 14.8 Å². The van der Waals surface area contributed by atoms with Crippen molar-refractivity contribution in [1.29, 1.82) is 0 Å². The molecule has 3 N–H and O–H groups in total. The summed E-state index contributed by atoms with van der Waals surface area (Å²) in [4.78, 5) is 20.2. The van der Waals surface area contributed by atoms with Crippen LogP contribution in [-0.4, -0.2) is 42.2 Å². The van der Waals surface area contributed by atoms with Crippen molar-refractivity contribution < 1.29 is 28.3 Å². The summed E-state index contributed by atoms with van der Waals surface area (Å²) in [6.45, 7) is 0.369. The van der Waals surface area contributed by atoms with E-state index in [2.05, 4.69) is 0 Å². The molecule has 0 aliphatic heterocycles. The summed E-state index contributed by atoms with van der Waals surface area (Å²) in [6.07, 6.45) is 0. The maximum atomic E-state index is 12.0. The van der Waals surface area contributed by atoms with Gasteiger partial charge in [-0.2, -0.15) is 4.72 Å². The number of halogens is 1. The number of aliphatic hydroxyl groups excluding tert-OH is 1. The Morgan fingerprint density at radius 3 is 2.52 bits per heavy atom. The number of carboxylic acid groups (broad SMARTS) is 1. The molecule has 21 heavy (non-hydrogen) atoms. The first-order valence-electron chi connectivity index (χ1n) is 5.40. The van der Waals surface area contributed by atoms with Gasteiger partial charge < -0.3 is 10.2 Å². The minimum absolute atomic E-state index is 0.0811. The van der Waals surface area contributed by atoms with Gasteiger partial charge in [0.05, 0.1) is 21.4 Å². The van der Waals surface area contributed by atoms with Gasteiger partial charge in [0.1, 0.15) is 6.04 Å². The smallest absolute Gasteiger partial charge is 0.324 e. The summed E-state index contributed by atoms with van der Waals surface area (Å²) in [5.74, 6) is -1.59. The molecular formula is C10H11ClN2O7S. The van der Waals surface area contributed by atoms with Crippen molar-refractivity contribution in [2.24, 2.45) is 0 Å². The normalized spacial score (nSPS) is 12.9. The van der Waals surface area contributed by atoms with E-state index >= 15 is 0 Å². The van der Waals surface area contributed by atoms with E-state index in [1.54, 1.807) is 4.72 Å². The first-order valence-corrected chi connectivity index (χ1v) is 7.26. The van der Waals surface area contributed by atoms with Crippen LogP contribution in [0.2, 0.25) is 5.02 Å². The van der Waals surface area contributed by atoms with Crippen LogP contribution in [0.4, 0.5) is 5.69 Å². The molecule has 0 fully saturated rings. The lowest BCUT2D eigenvalue weighted by molar-refractivity contribution is -0.385. The minimum atomic E-state index is -4.39. The SMILES string of the molecule is Cc1c(Cl)cc(S(=O)(=O)NC(CO)C(=O)O)cc1[N+](=O)[O-]. The fourth-order valence-corrected chi connectivity index (χ4v) is 2.91. The Morgan fingerprint density at radius 2 is 2.10 bits per heavy atom. The molecule has 1 aromatic carbocycles. The Bertz CT molecular complexity index is 689. The van der Waals surface area contributed by atoms with Gasteiger partial charge in [-0.1, -0.05) is 11.6 Å². The van der Waals surface area contributed by atoms with Crippen LogP contribution in [0.1, 0.15) is 5.56 Å². The molecule has 0 radical (unpaired) electrons. The number of hydrogen-bond acceptors (Lipinski definition) is 6. The molecule has 1 rings (SSSR count). The van der Waals surface area contributed by atoms with Crippen molar-refractivity contribution in [3.8, 4) is 0 Å². The number of nitrogens with one attached hydrogen (secondary N) is 1. The number of nitro benzene ring substituents is 1. The molecule has 0 aliphatic carbocycles. The molecule has 0 bridgehead atoms. The van der Waals surface area contributed by atoms with Gasteiger partial charge in [-0.3, -0.25) is 14.9 Å². The number of nitrogens with zero attached hydrogens (tertiary/aromatic N) is 1. The molecule has 116 valence electrons. The molecule has 0 aliphatic rings. The van der Waals surface area contributed by atoms with Crippen LogP contribution in [0, 0.1) is 17.0 Å². The summed E-state index contributed by atoms with van der Waals surface area (Å²) >= 11 is 5.74. The number of carbonyl (C=O) groups is 1. The van der Waals surface area contributed by atoms with Gasteiger partial charge in [0.15, 0.2) is 0 Å². The zero-order chi connectivity index (χ0) is 16.4. The third-order valence-corrected chi connectivity index (χ3v) is 4.42. The van der Waals surface area contributed by atoms with Crippen LogP contribution in [0.3, 0.4) is 0 Å². The van der Waals surface area contributed by atoms with Crippen molar-refractivity contribution in [1.82, 2.24) is 4.72 Å². The number of hydrogen-bond donors (Lipinski definition) is 3. The van der Waals surface area contributed by atoms with E-state index in [4.69, 9.17) is 21.8 Å². The largest absolute Gasteiger partial charge is 0.480 e. The Labute approximate surface area is 124 Å². The fourth-order valence-electron chi connectivity index (χ4n) is 1.41. The van der Waals surface area contributed by atoms with Gasteiger partial charge in [-0.25, -0.2) is 8.42 Å². The van der Waals surface area contributed by atoms with E-state index in [9.17, 15) is 23.3 Å². The number of sulfonamides is 1. The number of nitro groups is 1. The van der Waals surface area contributed by atoms with Crippen molar-refractivity contribution in [3.63, 3.8) is 0 Å². The quantitative estimate of drug-likeness (QED) is 0.498. The maximum Gasteiger partial charge on any atom is 0.324 e. The second-order valence-electron chi connectivity index (χ2n) is 4.00. The third-order valence-electron chi connectivity index (χ3n) is 2.58. The highest BCUT2D eigenvalue weighted by molar-refractivity contribution is 7.89. The van der Waals surface area contributed by atoms with Gasteiger partial charge >= 0.3 is 5.97 Å².